The van der Waals surface area contributed by atoms with Gasteiger partial charge in [0.2, 0.25) is 0 Å². The minimum atomic E-state index is -0.968. The second kappa shape index (κ2) is 9.03. The van der Waals surface area contributed by atoms with Gasteiger partial charge in [0.15, 0.2) is 5.78 Å². The molecule has 4 rings (SSSR count). The number of aromatic nitrogens is 1. The van der Waals surface area contributed by atoms with Crippen molar-refractivity contribution in [2.75, 3.05) is 10.6 Å². The summed E-state index contributed by atoms with van der Waals surface area (Å²) in [6.45, 7) is 1.72. The Hall–Kier alpha value is -3.71. The number of Topliss-reactive ketones (excluding diaryl/α,β-unsaturated/α-hetero) is 1. The summed E-state index contributed by atoms with van der Waals surface area (Å²) in [5, 5.41) is 15.1. The minimum absolute atomic E-state index is 0.129. The number of halogens is 1. The van der Waals surface area contributed by atoms with Gasteiger partial charge in [0.1, 0.15) is 0 Å². The molecule has 1 aliphatic carbocycles. The molecule has 33 heavy (non-hydrogen) atoms. The van der Waals surface area contributed by atoms with Gasteiger partial charge in [-0.05, 0) is 54.8 Å². The standard InChI is InChI=1S/C25H22ClN3O4/c1-25(13-22(30)31)10-9-15-11-16(5-7-20(15)23(25)32)21-8-6-19(14-27-21)29-24(33)28-18-4-2-3-17(26)12-18/h2-8,11-12,14H,9-10,13H2,1H3,(H,30,31)(H2,28,29,33). The van der Waals surface area contributed by atoms with E-state index < -0.39 is 17.4 Å². The fraction of sp³-hybridized carbons (Fsp3) is 0.200. The molecule has 0 bridgehead atoms. The van der Waals surface area contributed by atoms with Crippen LogP contribution in [0.4, 0.5) is 16.2 Å². The predicted octanol–water partition coefficient (Wildman–Crippen LogP) is 5.66. The molecular formula is C25H22ClN3O4. The highest BCUT2D eigenvalue weighted by Gasteiger charge is 2.40. The van der Waals surface area contributed by atoms with Crippen LogP contribution in [0.15, 0.2) is 60.8 Å². The molecule has 7 nitrogen and oxygen atoms in total. The van der Waals surface area contributed by atoms with E-state index in [4.69, 9.17) is 16.7 Å². The molecule has 2 amide bonds. The fourth-order valence-electron chi connectivity index (χ4n) is 4.03. The summed E-state index contributed by atoms with van der Waals surface area (Å²) in [6, 6.07) is 15.4. The number of nitrogens with one attached hydrogen (secondary N) is 2. The van der Waals surface area contributed by atoms with Crippen LogP contribution < -0.4 is 10.6 Å². The smallest absolute Gasteiger partial charge is 0.323 e. The van der Waals surface area contributed by atoms with Crippen LogP contribution in [0.3, 0.4) is 0 Å². The highest BCUT2D eigenvalue weighted by Crippen LogP contribution is 2.39. The number of carboxylic acids is 1. The number of fused-ring (bicyclic) bond motifs is 1. The largest absolute Gasteiger partial charge is 0.481 e. The molecule has 0 aliphatic heterocycles. The van der Waals surface area contributed by atoms with E-state index in [-0.39, 0.29) is 12.2 Å². The number of carboxylic acid groups (broad SMARTS) is 1. The Morgan fingerprint density at radius 1 is 1.09 bits per heavy atom. The van der Waals surface area contributed by atoms with Gasteiger partial charge in [-0.2, -0.15) is 0 Å². The van der Waals surface area contributed by atoms with Crippen LogP contribution in [0.1, 0.15) is 35.7 Å². The molecule has 3 N–H and O–H groups in total. The molecular weight excluding hydrogens is 442 g/mol. The van der Waals surface area contributed by atoms with Gasteiger partial charge in [-0.1, -0.05) is 36.7 Å². The van der Waals surface area contributed by atoms with Gasteiger partial charge >= 0.3 is 12.0 Å². The molecule has 1 heterocycles. The lowest BCUT2D eigenvalue weighted by atomic mass is 9.69. The molecule has 0 radical (unpaired) electrons. The first-order valence-corrected chi connectivity index (χ1v) is 10.8. The quantitative estimate of drug-likeness (QED) is 0.452. The number of benzene rings is 2. The molecule has 0 fully saturated rings. The first-order valence-electron chi connectivity index (χ1n) is 10.4. The summed E-state index contributed by atoms with van der Waals surface area (Å²) in [7, 11) is 0. The summed E-state index contributed by atoms with van der Waals surface area (Å²) >= 11 is 5.93. The van der Waals surface area contributed by atoms with Crippen LogP contribution in [0.25, 0.3) is 11.3 Å². The number of pyridine rings is 1. The van der Waals surface area contributed by atoms with E-state index >= 15 is 0 Å². The van der Waals surface area contributed by atoms with Gasteiger partial charge in [-0.25, -0.2) is 4.79 Å². The maximum absolute atomic E-state index is 12.9. The minimum Gasteiger partial charge on any atom is -0.481 e. The van der Waals surface area contributed by atoms with Crippen molar-refractivity contribution in [2.24, 2.45) is 5.41 Å². The normalized spacial score (nSPS) is 17.2. The van der Waals surface area contributed by atoms with Crippen molar-refractivity contribution in [1.82, 2.24) is 4.98 Å². The Bertz CT molecular complexity index is 1240. The number of amides is 2. The summed E-state index contributed by atoms with van der Waals surface area (Å²) < 4.78 is 0. The highest BCUT2D eigenvalue weighted by molar-refractivity contribution is 6.30. The van der Waals surface area contributed by atoms with E-state index in [9.17, 15) is 14.4 Å². The zero-order chi connectivity index (χ0) is 23.6. The molecule has 1 aliphatic rings. The van der Waals surface area contributed by atoms with E-state index in [0.717, 1.165) is 11.1 Å². The number of aliphatic carboxylic acids is 1. The Morgan fingerprint density at radius 2 is 1.88 bits per heavy atom. The number of urea groups is 1. The molecule has 2 aromatic carbocycles. The molecule has 1 aromatic heterocycles. The molecule has 0 spiro atoms. The van der Waals surface area contributed by atoms with Crippen LogP contribution in [0, 0.1) is 5.41 Å². The van der Waals surface area contributed by atoms with Gasteiger partial charge < -0.3 is 15.7 Å². The van der Waals surface area contributed by atoms with Crippen LogP contribution in [0.5, 0.6) is 0 Å². The third-order valence-corrected chi connectivity index (χ3v) is 6.02. The van der Waals surface area contributed by atoms with Gasteiger partial charge in [0, 0.05) is 27.3 Å². The van der Waals surface area contributed by atoms with E-state index in [2.05, 4.69) is 15.6 Å². The average molecular weight is 464 g/mol. The third-order valence-electron chi connectivity index (χ3n) is 5.79. The average Bonchev–Trinajstić information content (AvgIpc) is 2.76. The molecule has 8 heteroatoms. The lowest BCUT2D eigenvalue weighted by Gasteiger charge is -2.32. The first-order chi connectivity index (χ1) is 15.7. The summed E-state index contributed by atoms with van der Waals surface area (Å²) in [5.41, 5.74) is 3.24. The SMILES string of the molecule is CC1(CC(=O)O)CCc2cc(-c3ccc(NC(=O)Nc4cccc(Cl)c4)cn3)ccc2C1=O. The number of carbonyl (C=O) groups is 3. The Labute approximate surface area is 195 Å². The highest BCUT2D eigenvalue weighted by atomic mass is 35.5. The molecule has 3 aromatic rings. The number of rotatable bonds is 5. The number of carbonyl (C=O) groups excluding carboxylic acids is 2. The van der Waals surface area contributed by atoms with E-state index in [0.29, 0.717) is 40.5 Å². The third kappa shape index (κ3) is 5.04. The van der Waals surface area contributed by atoms with E-state index in [1.54, 1.807) is 55.6 Å². The lowest BCUT2D eigenvalue weighted by molar-refractivity contribution is -0.139. The van der Waals surface area contributed by atoms with Crippen molar-refractivity contribution >= 4 is 40.8 Å². The van der Waals surface area contributed by atoms with Crippen LogP contribution in [-0.2, 0) is 11.2 Å². The number of ketones is 1. The van der Waals surface area contributed by atoms with Crippen molar-refractivity contribution < 1.29 is 19.5 Å². The van der Waals surface area contributed by atoms with Crippen LogP contribution in [0.2, 0.25) is 5.02 Å². The van der Waals surface area contributed by atoms with Crippen molar-refractivity contribution in [1.29, 1.82) is 0 Å². The fourth-order valence-corrected chi connectivity index (χ4v) is 4.22. The topological polar surface area (TPSA) is 108 Å². The molecule has 0 saturated heterocycles. The summed E-state index contributed by atoms with van der Waals surface area (Å²) in [6.07, 6.45) is 2.50. The van der Waals surface area contributed by atoms with Gasteiger partial charge in [0.25, 0.3) is 0 Å². The molecule has 1 unspecified atom stereocenters. The molecule has 1 atom stereocenters. The first kappa shape index (κ1) is 22.5. The van der Waals surface area contributed by atoms with Crippen molar-refractivity contribution in [3.05, 3.63) is 76.9 Å². The Balaban J connectivity index is 1.46. The van der Waals surface area contributed by atoms with Crippen LogP contribution in [-0.4, -0.2) is 27.9 Å². The number of hydrogen-bond acceptors (Lipinski definition) is 4. The monoisotopic (exact) mass is 463 g/mol. The van der Waals surface area contributed by atoms with Gasteiger partial charge in [-0.3, -0.25) is 14.6 Å². The molecule has 168 valence electrons. The Morgan fingerprint density at radius 3 is 2.58 bits per heavy atom. The zero-order valence-electron chi connectivity index (χ0n) is 17.9. The van der Waals surface area contributed by atoms with E-state index in [1.165, 1.54) is 0 Å². The van der Waals surface area contributed by atoms with E-state index in [1.807, 2.05) is 12.1 Å². The number of hydrogen-bond donors (Lipinski definition) is 3. The Kier molecular flexibility index (Phi) is 6.16. The summed E-state index contributed by atoms with van der Waals surface area (Å²) in [5.74, 6) is -1.10. The molecule has 0 saturated carbocycles. The van der Waals surface area contributed by atoms with Gasteiger partial charge in [-0.15, -0.1) is 0 Å². The lowest BCUT2D eigenvalue weighted by Crippen LogP contribution is -2.35. The number of nitrogens with zero attached hydrogens (tertiary/aromatic N) is 1. The van der Waals surface area contributed by atoms with Crippen molar-refractivity contribution in [2.45, 2.75) is 26.2 Å². The number of aryl methyl sites for hydroxylation is 1. The summed E-state index contributed by atoms with van der Waals surface area (Å²) in [4.78, 5) is 40.7. The maximum Gasteiger partial charge on any atom is 0.323 e. The number of anilines is 2. The maximum atomic E-state index is 12.9. The second-order valence-electron chi connectivity index (χ2n) is 8.35. The van der Waals surface area contributed by atoms with Crippen molar-refractivity contribution in [3.63, 3.8) is 0 Å². The zero-order valence-corrected chi connectivity index (χ0v) is 18.6. The van der Waals surface area contributed by atoms with Gasteiger partial charge in [0.05, 0.1) is 24.0 Å². The van der Waals surface area contributed by atoms with Crippen molar-refractivity contribution in [3.8, 4) is 11.3 Å². The van der Waals surface area contributed by atoms with Crippen LogP contribution >= 0.6 is 11.6 Å². The second-order valence-corrected chi connectivity index (χ2v) is 8.79. The predicted molar refractivity (Wildman–Crippen MR) is 127 cm³/mol.